The Kier molecular flexibility index (Phi) is 5.58. The molecule has 1 amide bonds. The zero-order valence-corrected chi connectivity index (χ0v) is 11.6. The first-order chi connectivity index (χ1) is 9.90. The fraction of sp³-hybridized carbons (Fsp3) is 0.417. The molecule has 0 fully saturated rings. The van der Waals surface area contributed by atoms with Crippen LogP contribution < -0.4 is 5.56 Å². The van der Waals surface area contributed by atoms with Gasteiger partial charge in [0.05, 0.1) is 24.7 Å². The summed E-state index contributed by atoms with van der Waals surface area (Å²) in [6, 6.07) is 0.919. The molecule has 9 heteroatoms. The van der Waals surface area contributed by atoms with Gasteiger partial charge in [0, 0.05) is 19.2 Å². The number of amides is 1. The van der Waals surface area contributed by atoms with Crippen molar-refractivity contribution in [3.05, 3.63) is 38.3 Å². The van der Waals surface area contributed by atoms with Crippen LogP contribution >= 0.6 is 0 Å². The summed E-state index contributed by atoms with van der Waals surface area (Å²) < 4.78 is 4.47. The highest BCUT2D eigenvalue weighted by atomic mass is 16.6. The highest BCUT2D eigenvalue weighted by molar-refractivity contribution is 5.94. The first-order valence-corrected chi connectivity index (χ1v) is 6.13. The van der Waals surface area contributed by atoms with E-state index in [4.69, 9.17) is 0 Å². The SMILES string of the molecule is CCN(CCC(=O)OC)C(=O)c1cc([N+](=O)[O-])c[nH]c1=O. The summed E-state index contributed by atoms with van der Waals surface area (Å²) in [5.74, 6) is -1.17. The van der Waals surface area contributed by atoms with E-state index in [1.807, 2.05) is 0 Å². The fourth-order valence-corrected chi connectivity index (χ4v) is 1.64. The Morgan fingerprint density at radius 1 is 1.48 bits per heavy atom. The third-order valence-corrected chi connectivity index (χ3v) is 2.81. The molecule has 0 spiro atoms. The van der Waals surface area contributed by atoms with E-state index in [0.717, 1.165) is 12.3 Å². The van der Waals surface area contributed by atoms with Crippen LogP contribution in [-0.2, 0) is 9.53 Å². The summed E-state index contributed by atoms with van der Waals surface area (Å²) in [5, 5.41) is 10.7. The van der Waals surface area contributed by atoms with Crippen molar-refractivity contribution in [3.63, 3.8) is 0 Å². The summed E-state index contributed by atoms with van der Waals surface area (Å²) in [6.07, 6.45) is 0.896. The highest BCUT2D eigenvalue weighted by Gasteiger charge is 2.21. The predicted octanol–water partition coefficient (Wildman–Crippen LogP) is 0.308. The molecule has 0 unspecified atom stereocenters. The fourth-order valence-electron chi connectivity index (χ4n) is 1.64. The number of aromatic amines is 1. The van der Waals surface area contributed by atoms with E-state index in [2.05, 4.69) is 9.72 Å². The van der Waals surface area contributed by atoms with Crippen molar-refractivity contribution in [1.82, 2.24) is 9.88 Å². The number of hydrogen-bond acceptors (Lipinski definition) is 6. The van der Waals surface area contributed by atoms with Crippen LogP contribution in [0.5, 0.6) is 0 Å². The Labute approximate surface area is 119 Å². The lowest BCUT2D eigenvalue weighted by Gasteiger charge is -2.19. The molecule has 1 heterocycles. The third kappa shape index (κ3) is 4.13. The van der Waals surface area contributed by atoms with Gasteiger partial charge in [-0.15, -0.1) is 0 Å². The number of pyridine rings is 1. The van der Waals surface area contributed by atoms with Crippen molar-refractivity contribution in [2.45, 2.75) is 13.3 Å². The molecule has 0 aliphatic carbocycles. The minimum absolute atomic E-state index is 0.0249. The number of nitrogens with one attached hydrogen (secondary N) is 1. The zero-order chi connectivity index (χ0) is 16.0. The first kappa shape index (κ1) is 16.3. The number of methoxy groups -OCH3 is 1. The monoisotopic (exact) mass is 297 g/mol. The van der Waals surface area contributed by atoms with Crippen molar-refractivity contribution in [1.29, 1.82) is 0 Å². The molecule has 0 bridgehead atoms. The van der Waals surface area contributed by atoms with Crippen LogP contribution in [0, 0.1) is 10.1 Å². The molecule has 1 N–H and O–H groups in total. The van der Waals surface area contributed by atoms with Gasteiger partial charge in [-0.2, -0.15) is 0 Å². The number of esters is 1. The molecular formula is C12H15N3O6. The Balaban J connectivity index is 2.99. The Morgan fingerprint density at radius 3 is 2.67 bits per heavy atom. The van der Waals surface area contributed by atoms with Crippen molar-refractivity contribution in [2.24, 2.45) is 0 Å². The number of nitrogens with zero attached hydrogens (tertiary/aromatic N) is 2. The Morgan fingerprint density at radius 2 is 2.14 bits per heavy atom. The van der Waals surface area contributed by atoms with Gasteiger partial charge < -0.3 is 14.6 Å². The average molecular weight is 297 g/mol. The van der Waals surface area contributed by atoms with Gasteiger partial charge in [0.25, 0.3) is 17.2 Å². The van der Waals surface area contributed by atoms with E-state index < -0.39 is 22.4 Å². The number of H-pyrrole nitrogens is 1. The maximum Gasteiger partial charge on any atom is 0.307 e. The number of ether oxygens (including phenoxy) is 1. The van der Waals surface area contributed by atoms with Gasteiger partial charge in [-0.3, -0.25) is 24.5 Å². The second-order valence-electron chi connectivity index (χ2n) is 4.07. The number of aromatic nitrogens is 1. The number of rotatable bonds is 6. The number of nitro groups is 1. The van der Waals surface area contributed by atoms with E-state index in [9.17, 15) is 24.5 Å². The number of carbonyl (C=O) groups is 2. The lowest BCUT2D eigenvalue weighted by molar-refractivity contribution is -0.385. The minimum atomic E-state index is -0.720. The second kappa shape index (κ2) is 7.17. The summed E-state index contributed by atoms with van der Waals surface area (Å²) >= 11 is 0. The van der Waals surface area contributed by atoms with Crippen molar-refractivity contribution < 1.29 is 19.2 Å². The predicted molar refractivity (Wildman–Crippen MR) is 71.9 cm³/mol. The number of carbonyl (C=O) groups excluding carboxylic acids is 2. The van der Waals surface area contributed by atoms with Crippen LogP contribution in [0.3, 0.4) is 0 Å². The zero-order valence-electron chi connectivity index (χ0n) is 11.6. The summed E-state index contributed by atoms with van der Waals surface area (Å²) in [5.41, 5.74) is -1.44. The van der Waals surface area contributed by atoms with Crippen molar-refractivity contribution in [3.8, 4) is 0 Å². The van der Waals surface area contributed by atoms with Crippen molar-refractivity contribution >= 4 is 17.6 Å². The highest BCUT2D eigenvalue weighted by Crippen LogP contribution is 2.10. The average Bonchev–Trinajstić information content (AvgIpc) is 2.47. The summed E-state index contributed by atoms with van der Waals surface area (Å²) in [6.45, 7) is 1.98. The van der Waals surface area contributed by atoms with E-state index in [0.29, 0.717) is 0 Å². The molecule has 21 heavy (non-hydrogen) atoms. The van der Waals surface area contributed by atoms with Gasteiger partial charge >= 0.3 is 5.97 Å². The normalized spacial score (nSPS) is 10.0. The number of hydrogen-bond donors (Lipinski definition) is 1. The van der Waals surface area contributed by atoms with Crippen LogP contribution in [0.1, 0.15) is 23.7 Å². The van der Waals surface area contributed by atoms with Gasteiger partial charge in [-0.05, 0) is 6.92 Å². The molecule has 0 aliphatic heterocycles. The molecule has 9 nitrogen and oxygen atoms in total. The molecule has 114 valence electrons. The van der Waals surface area contributed by atoms with Crippen LogP contribution in [0.4, 0.5) is 5.69 Å². The lowest BCUT2D eigenvalue weighted by atomic mass is 10.2. The topological polar surface area (TPSA) is 123 Å². The molecule has 0 radical (unpaired) electrons. The van der Waals surface area contributed by atoms with Crippen LogP contribution in [0.15, 0.2) is 17.1 Å². The molecule has 1 aromatic heterocycles. The van der Waals surface area contributed by atoms with E-state index in [1.165, 1.54) is 12.0 Å². The molecule has 0 saturated heterocycles. The second-order valence-corrected chi connectivity index (χ2v) is 4.07. The van der Waals surface area contributed by atoms with Crippen molar-refractivity contribution in [2.75, 3.05) is 20.2 Å². The van der Waals surface area contributed by atoms with Crippen LogP contribution in [-0.4, -0.2) is 46.9 Å². The van der Waals surface area contributed by atoms with E-state index in [-0.39, 0.29) is 30.8 Å². The van der Waals surface area contributed by atoms with Gasteiger partial charge in [-0.1, -0.05) is 0 Å². The van der Waals surface area contributed by atoms with Gasteiger partial charge in [0.15, 0.2) is 0 Å². The Hall–Kier alpha value is -2.71. The van der Waals surface area contributed by atoms with E-state index in [1.54, 1.807) is 6.92 Å². The van der Waals surface area contributed by atoms with Gasteiger partial charge in [-0.25, -0.2) is 0 Å². The largest absolute Gasteiger partial charge is 0.469 e. The molecule has 1 rings (SSSR count). The first-order valence-electron chi connectivity index (χ1n) is 6.13. The molecule has 1 aromatic rings. The molecule has 0 aromatic carbocycles. The standard InChI is InChI=1S/C12H15N3O6/c1-3-14(5-4-10(16)21-2)12(18)9-6-8(15(19)20)7-13-11(9)17/h6-7H,3-5H2,1-2H3,(H,13,17). The lowest BCUT2D eigenvalue weighted by Crippen LogP contribution is -2.36. The third-order valence-electron chi connectivity index (χ3n) is 2.81. The van der Waals surface area contributed by atoms with Gasteiger partial charge in [0.2, 0.25) is 0 Å². The quantitative estimate of drug-likeness (QED) is 0.458. The molecule has 0 atom stereocenters. The molecule has 0 saturated carbocycles. The maximum atomic E-state index is 12.2. The maximum absolute atomic E-state index is 12.2. The summed E-state index contributed by atoms with van der Waals surface area (Å²) in [4.78, 5) is 48.3. The Bertz CT molecular complexity index is 609. The minimum Gasteiger partial charge on any atom is -0.469 e. The van der Waals surface area contributed by atoms with Crippen LogP contribution in [0.2, 0.25) is 0 Å². The molecule has 0 aliphatic rings. The smallest absolute Gasteiger partial charge is 0.307 e. The van der Waals surface area contributed by atoms with Crippen LogP contribution in [0.25, 0.3) is 0 Å². The molecular weight excluding hydrogens is 282 g/mol. The van der Waals surface area contributed by atoms with Gasteiger partial charge in [0.1, 0.15) is 5.56 Å². The summed E-state index contributed by atoms with van der Waals surface area (Å²) in [7, 11) is 1.23. The van der Waals surface area contributed by atoms with E-state index >= 15 is 0 Å².